The molecule has 1 fully saturated rings. The van der Waals surface area contributed by atoms with Crippen molar-refractivity contribution < 1.29 is 14.7 Å². The van der Waals surface area contributed by atoms with E-state index in [1.165, 1.54) is 0 Å². The summed E-state index contributed by atoms with van der Waals surface area (Å²) in [6.07, 6.45) is 4.09. The van der Waals surface area contributed by atoms with Crippen molar-refractivity contribution in [3.63, 3.8) is 0 Å². The summed E-state index contributed by atoms with van der Waals surface area (Å²) in [4.78, 5) is 22.9. The van der Waals surface area contributed by atoms with Gasteiger partial charge in [-0.1, -0.05) is 19.1 Å². The molecule has 1 heterocycles. The molecule has 1 amide bonds. The van der Waals surface area contributed by atoms with E-state index in [2.05, 4.69) is 15.6 Å². The molecule has 0 spiro atoms. The van der Waals surface area contributed by atoms with Crippen LogP contribution in [0.2, 0.25) is 0 Å². The molecule has 1 saturated carbocycles. The van der Waals surface area contributed by atoms with Crippen LogP contribution in [0.25, 0.3) is 0 Å². The fraction of sp³-hybridized carbons (Fsp3) is 0.667. The largest absolute Gasteiger partial charge is 0.481 e. The lowest BCUT2D eigenvalue weighted by Crippen LogP contribution is -2.28. The minimum absolute atomic E-state index is 0.170. The molecule has 1 aromatic heterocycles. The number of nitrogens with one attached hydrogen (secondary N) is 1. The molecule has 2 N–H and O–H groups in total. The molecule has 0 radical (unpaired) electrons. The first-order valence-electron chi connectivity index (χ1n) is 6.29. The molecule has 1 aliphatic rings. The Balaban J connectivity index is 1.72. The van der Waals surface area contributed by atoms with Crippen LogP contribution in [0.4, 0.5) is 0 Å². The van der Waals surface area contributed by atoms with Crippen LogP contribution in [-0.4, -0.2) is 38.5 Å². The maximum absolute atomic E-state index is 11.9. The van der Waals surface area contributed by atoms with Crippen molar-refractivity contribution >= 4 is 11.9 Å². The highest BCUT2D eigenvalue weighted by Gasteiger charge is 2.65. The topological polar surface area (TPSA) is 97.1 Å². The molecule has 0 bridgehead atoms. The molecule has 2 rings (SSSR count). The molecule has 0 saturated heterocycles. The molecule has 104 valence electrons. The van der Waals surface area contributed by atoms with Gasteiger partial charge in [-0.3, -0.25) is 14.3 Å². The highest BCUT2D eigenvalue weighted by molar-refractivity contribution is 5.91. The van der Waals surface area contributed by atoms with Gasteiger partial charge in [0.05, 0.1) is 18.0 Å². The summed E-state index contributed by atoms with van der Waals surface area (Å²) in [5, 5.41) is 19.3. The molecule has 19 heavy (non-hydrogen) atoms. The van der Waals surface area contributed by atoms with Gasteiger partial charge in [0.25, 0.3) is 0 Å². The van der Waals surface area contributed by atoms with E-state index in [4.69, 9.17) is 5.11 Å². The van der Waals surface area contributed by atoms with E-state index >= 15 is 0 Å². The van der Waals surface area contributed by atoms with Gasteiger partial charge in [-0.25, -0.2) is 0 Å². The number of carboxylic acids is 1. The highest BCUT2D eigenvalue weighted by Crippen LogP contribution is 2.58. The first kappa shape index (κ1) is 13.5. The van der Waals surface area contributed by atoms with Gasteiger partial charge in [0.1, 0.15) is 0 Å². The van der Waals surface area contributed by atoms with Crippen molar-refractivity contribution in [2.75, 3.05) is 6.54 Å². The summed E-state index contributed by atoms with van der Waals surface area (Å²) in [7, 11) is 0. The van der Waals surface area contributed by atoms with E-state index in [0.717, 1.165) is 6.42 Å². The summed E-state index contributed by atoms with van der Waals surface area (Å²) in [5.74, 6) is -2.05. The van der Waals surface area contributed by atoms with Crippen molar-refractivity contribution in [1.82, 2.24) is 20.3 Å². The van der Waals surface area contributed by atoms with Gasteiger partial charge in [0, 0.05) is 19.3 Å². The average molecular weight is 266 g/mol. The predicted molar refractivity (Wildman–Crippen MR) is 66.0 cm³/mol. The molecule has 0 aromatic carbocycles. The van der Waals surface area contributed by atoms with Gasteiger partial charge in [-0.05, 0) is 11.8 Å². The molecule has 2 atom stereocenters. The van der Waals surface area contributed by atoms with Crippen molar-refractivity contribution in [2.24, 2.45) is 17.3 Å². The normalized spacial score (nSPS) is 23.9. The number of hydrogen-bond acceptors (Lipinski definition) is 4. The number of carboxylic acid groups (broad SMARTS) is 1. The van der Waals surface area contributed by atoms with Crippen molar-refractivity contribution in [3.05, 3.63) is 12.4 Å². The zero-order valence-corrected chi connectivity index (χ0v) is 11.0. The van der Waals surface area contributed by atoms with Crippen LogP contribution < -0.4 is 5.32 Å². The number of carbonyl (C=O) groups is 2. The van der Waals surface area contributed by atoms with E-state index in [1.54, 1.807) is 17.1 Å². The SMILES string of the molecule is CC1(C)C(C(=O)O)C1C(=O)NCCCn1ccnn1. The van der Waals surface area contributed by atoms with Crippen molar-refractivity contribution in [1.29, 1.82) is 0 Å². The number of nitrogens with zero attached hydrogens (tertiary/aromatic N) is 3. The molecule has 1 aliphatic carbocycles. The first-order valence-corrected chi connectivity index (χ1v) is 6.29. The Labute approximate surface area is 111 Å². The number of amides is 1. The fourth-order valence-corrected chi connectivity index (χ4v) is 2.50. The highest BCUT2D eigenvalue weighted by atomic mass is 16.4. The third-order valence-corrected chi connectivity index (χ3v) is 3.71. The number of carbonyl (C=O) groups excluding carboxylic acids is 1. The zero-order valence-electron chi connectivity index (χ0n) is 11.0. The van der Waals surface area contributed by atoms with Gasteiger partial charge in [-0.15, -0.1) is 5.10 Å². The van der Waals surface area contributed by atoms with Gasteiger partial charge in [0.15, 0.2) is 0 Å². The second-order valence-electron chi connectivity index (χ2n) is 5.43. The summed E-state index contributed by atoms with van der Waals surface area (Å²) < 4.78 is 1.69. The average Bonchev–Trinajstić information content (AvgIpc) is 2.73. The van der Waals surface area contributed by atoms with E-state index in [0.29, 0.717) is 13.1 Å². The predicted octanol–water partition coefficient (Wildman–Crippen LogP) is 0.141. The van der Waals surface area contributed by atoms with Crippen LogP contribution in [-0.2, 0) is 16.1 Å². The maximum Gasteiger partial charge on any atom is 0.307 e. The second-order valence-corrected chi connectivity index (χ2v) is 5.43. The van der Waals surface area contributed by atoms with Crippen LogP contribution in [0.15, 0.2) is 12.4 Å². The molecule has 7 nitrogen and oxygen atoms in total. The molecule has 7 heteroatoms. The first-order chi connectivity index (χ1) is 8.94. The van der Waals surface area contributed by atoms with Crippen LogP contribution >= 0.6 is 0 Å². The number of aromatic nitrogens is 3. The van der Waals surface area contributed by atoms with Crippen molar-refractivity contribution in [3.8, 4) is 0 Å². The Morgan fingerprint density at radius 2 is 2.16 bits per heavy atom. The summed E-state index contributed by atoms with van der Waals surface area (Å²) >= 11 is 0. The number of rotatable bonds is 6. The molecule has 1 aromatic rings. The van der Waals surface area contributed by atoms with Gasteiger partial charge in [0.2, 0.25) is 5.91 Å². The zero-order chi connectivity index (χ0) is 14.0. The van der Waals surface area contributed by atoms with E-state index in [1.807, 2.05) is 13.8 Å². The van der Waals surface area contributed by atoms with Gasteiger partial charge in [-0.2, -0.15) is 0 Å². The smallest absolute Gasteiger partial charge is 0.307 e. The summed E-state index contributed by atoms with van der Waals surface area (Å²) in [6.45, 7) is 4.81. The number of aliphatic carboxylic acids is 1. The number of hydrogen-bond donors (Lipinski definition) is 2. The molecule has 0 aliphatic heterocycles. The van der Waals surface area contributed by atoms with Crippen LogP contribution in [0.3, 0.4) is 0 Å². The Morgan fingerprint density at radius 3 is 2.68 bits per heavy atom. The lowest BCUT2D eigenvalue weighted by Gasteiger charge is -2.05. The van der Waals surface area contributed by atoms with E-state index in [9.17, 15) is 9.59 Å². The minimum Gasteiger partial charge on any atom is -0.481 e. The van der Waals surface area contributed by atoms with Crippen LogP contribution in [0, 0.1) is 17.3 Å². The summed E-state index contributed by atoms with van der Waals surface area (Å²) in [5.41, 5.74) is -0.443. The Hall–Kier alpha value is -1.92. The monoisotopic (exact) mass is 266 g/mol. The standard InChI is InChI=1S/C12H18N4O3/c1-12(2)8(9(12)11(18)19)10(17)13-4-3-6-16-7-5-14-15-16/h5,7-9H,3-4,6H2,1-2H3,(H,13,17)(H,18,19). The van der Waals surface area contributed by atoms with Crippen molar-refractivity contribution in [2.45, 2.75) is 26.8 Å². The Kier molecular flexibility index (Phi) is 3.55. The summed E-state index contributed by atoms with van der Waals surface area (Å²) in [6, 6.07) is 0. The third-order valence-electron chi connectivity index (χ3n) is 3.71. The lowest BCUT2D eigenvalue weighted by atomic mass is 10.1. The molecular formula is C12H18N4O3. The number of aryl methyl sites for hydroxylation is 1. The minimum atomic E-state index is -0.896. The van der Waals surface area contributed by atoms with Crippen LogP contribution in [0.5, 0.6) is 0 Å². The quantitative estimate of drug-likeness (QED) is 0.714. The third kappa shape index (κ3) is 2.74. The van der Waals surface area contributed by atoms with Crippen LogP contribution in [0.1, 0.15) is 20.3 Å². The van der Waals surface area contributed by atoms with E-state index in [-0.39, 0.29) is 5.91 Å². The Morgan fingerprint density at radius 1 is 1.42 bits per heavy atom. The fourth-order valence-electron chi connectivity index (χ4n) is 2.50. The Bertz CT molecular complexity index is 469. The second kappa shape index (κ2) is 4.99. The molecular weight excluding hydrogens is 248 g/mol. The molecule has 2 unspecified atom stereocenters. The van der Waals surface area contributed by atoms with Gasteiger partial charge >= 0.3 is 5.97 Å². The maximum atomic E-state index is 11.9. The van der Waals surface area contributed by atoms with Gasteiger partial charge < -0.3 is 10.4 Å². The lowest BCUT2D eigenvalue weighted by molar-refractivity contribution is -0.140. The van der Waals surface area contributed by atoms with E-state index < -0.39 is 23.2 Å².